The topological polar surface area (TPSA) is 49.7 Å². The van der Waals surface area contributed by atoms with Gasteiger partial charge in [0.15, 0.2) is 0 Å². The van der Waals surface area contributed by atoms with Crippen molar-refractivity contribution in [3.8, 4) is 0 Å². The Morgan fingerprint density at radius 1 is 1.12 bits per heavy atom. The minimum absolute atomic E-state index is 0.192. The highest BCUT2D eigenvalue weighted by Crippen LogP contribution is 2.22. The van der Waals surface area contributed by atoms with Crippen molar-refractivity contribution >= 4 is 11.5 Å². The molecule has 0 amide bonds. The van der Waals surface area contributed by atoms with Gasteiger partial charge in [-0.2, -0.15) is 0 Å². The molecule has 3 nitrogen and oxygen atoms in total. The standard InChI is InChI=1S/C14H25NO2/c1-10(9-12(16)14(5,6)7)8-11(15-17)13(2,3)4/h8,17H,9H2,1-7H3/b10-8+,15-11-. The van der Waals surface area contributed by atoms with Gasteiger partial charge >= 0.3 is 0 Å². The molecule has 17 heavy (non-hydrogen) atoms. The highest BCUT2D eigenvalue weighted by Gasteiger charge is 2.22. The van der Waals surface area contributed by atoms with Gasteiger partial charge in [-0.3, -0.25) is 4.79 Å². The molecule has 0 radical (unpaired) electrons. The van der Waals surface area contributed by atoms with Gasteiger partial charge in [-0.05, 0) is 13.0 Å². The first-order valence-electron chi connectivity index (χ1n) is 5.91. The number of nitrogens with zero attached hydrogens (tertiary/aromatic N) is 1. The zero-order chi connectivity index (χ0) is 13.9. The van der Waals surface area contributed by atoms with Gasteiger partial charge in [-0.25, -0.2) is 0 Å². The molecule has 0 unspecified atom stereocenters. The van der Waals surface area contributed by atoms with Crippen LogP contribution in [0, 0.1) is 10.8 Å². The Balaban J connectivity index is 4.84. The van der Waals surface area contributed by atoms with Crippen LogP contribution in [-0.4, -0.2) is 16.7 Å². The number of ketones is 1. The van der Waals surface area contributed by atoms with Gasteiger partial charge in [0, 0.05) is 17.3 Å². The maximum Gasteiger partial charge on any atom is 0.142 e. The van der Waals surface area contributed by atoms with Crippen molar-refractivity contribution in [1.82, 2.24) is 0 Å². The lowest BCUT2D eigenvalue weighted by Gasteiger charge is -2.19. The van der Waals surface area contributed by atoms with Crippen LogP contribution in [0.5, 0.6) is 0 Å². The van der Waals surface area contributed by atoms with Crippen molar-refractivity contribution in [2.45, 2.75) is 54.9 Å². The number of oxime groups is 1. The van der Waals surface area contributed by atoms with Crippen LogP contribution in [0.4, 0.5) is 0 Å². The molecule has 3 heteroatoms. The van der Waals surface area contributed by atoms with Gasteiger partial charge in [0.05, 0.1) is 5.71 Å². The van der Waals surface area contributed by atoms with E-state index in [2.05, 4.69) is 5.16 Å². The monoisotopic (exact) mass is 239 g/mol. The summed E-state index contributed by atoms with van der Waals surface area (Å²) in [7, 11) is 0. The Morgan fingerprint density at radius 3 is 1.88 bits per heavy atom. The predicted octanol–water partition coefficient (Wildman–Crippen LogP) is 3.81. The molecule has 0 spiro atoms. The number of hydrogen-bond acceptors (Lipinski definition) is 3. The first-order chi connectivity index (χ1) is 7.48. The number of carbonyl (C=O) groups excluding carboxylic acids is 1. The first-order valence-corrected chi connectivity index (χ1v) is 5.91. The third kappa shape index (κ3) is 5.66. The largest absolute Gasteiger partial charge is 0.411 e. The van der Waals surface area contributed by atoms with Crippen molar-refractivity contribution in [3.05, 3.63) is 11.6 Å². The molecule has 0 aliphatic heterocycles. The van der Waals surface area contributed by atoms with Crippen LogP contribution >= 0.6 is 0 Å². The molecular weight excluding hydrogens is 214 g/mol. The number of carbonyl (C=O) groups is 1. The molecule has 0 aromatic carbocycles. The second-order valence-corrected chi connectivity index (χ2v) is 6.58. The van der Waals surface area contributed by atoms with E-state index in [4.69, 9.17) is 5.21 Å². The summed E-state index contributed by atoms with van der Waals surface area (Å²) in [5.41, 5.74) is 0.970. The van der Waals surface area contributed by atoms with E-state index in [1.807, 2.05) is 48.5 Å². The highest BCUT2D eigenvalue weighted by atomic mass is 16.4. The van der Waals surface area contributed by atoms with Crippen LogP contribution in [0.15, 0.2) is 16.8 Å². The fraction of sp³-hybridized carbons (Fsp3) is 0.714. The smallest absolute Gasteiger partial charge is 0.142 e. The third-order valence-corrected chi connectivity index (χ3v) is 2.54. The van der Waals surface area contributed by atoms with E-state index in [9.17, 15) is 4.79 Å². The zero-order valence-electron chi connectivity index (χ0n) is 12.1. The molecular formula is C14H25NO2. The summed E-state index contributed by atoms with van der Waals surface area (Å²) in [5, 5.41) is 12.3. The van der Waals surface area contributed by atoms with Crippen LogP contribution in [0.3, 0.4) is 0 Å². The molecule has 0 fully saturated rings. The van der Waals surface area contributed by atoms with Gasteiger partial charge in [0.25, 0.3) is 0 Å². The van der Waals surface area contributed by atoms with Gasteiger partial charge < -0.3 is 5.21 Å². The van der Waals surface area contributed by atoms with Crippen molar-refractivity contribution in [2.75, 3.05) is 0 Å². The van der Waals surface area contributed by atoms with E-state index >= 15 is 0 Å². The Kier molecular flexibility index (Phi) is 5.12. The maximum absolute atomic E-state index is 11.9. The molecule has 98 valence electrons. The lowest BCUT2D eigenvalue weighted by molar-refractivity contribution is -0.125. The molecule has 0 aromatic heterocycles. The average Bonchev–Trinajstić information content (AvgIpc) is 2.10. The van der Waals surface area contributed by atoms with E-state index in [0.29, 0.717) is 12.1 Å². The van der Waals surface area contributed by atoms with Gasteiger partial charge in [0.2, 0.25) is 0 Å². The predicted molar refractivity (Wildman–Crippen MR) is 71.5 cm³/mol. The Bertz CT molecular complexity index is 338. The molecule has 0 heterocycles. The summed E-state index contributed by atoms with van der Waals surface area (Å²) in [6, 6.07) is 0. The van der Waals surface area contributed by atoms with E-state index in [-0.39, 0.29) is 16.6 Å². The molecule has 0 saturated carbocycles. The highest BCUT2D eigenvalue weighted by molar-refractivity contribution is 5.99. The summed E-state index contributed by atoms with van der Waals surface area (Å²) in [4.78, 5) is 11.9. The Hall–Kier alpha value is -1.12. The van der Waals surface area contributed by atoms with Crippen molar-refractivity contribution in [3.63, 3.8) is 0 Å². The average molecular weight is 239 g/mol. The van der Waals surface area contributed by atoms with Crippen LogP contribution in [-0.2, 0) is 4.79 Å². The number of rotatable bonds is 3. The molecule has 1 N–H and O–H groups in total. The fourth-order valence-electron chi connectivity index (χ4n) is 1.20. The molecule has 0 bridgehead atoms. The molecule has 0 rings (SSSR count). The summed E-state index contributed by atoms with van der Waals surface area (Å²) in [5.74, 6) is 0.192. The molecule has 0 aromatic rings. The van der Waals surface area contributed by atoms with Crippen LogP contribution in [0.2, 0.25) is 0 Å². The third-order valence-electron chi connectivity index (χ3n) is 2.54. The van der Waals surface area contributed by atoms with Gasteiger partial charge in [0.1, 0.15) is 5.78 Å². The number of allylic oxidation sites excluding steroid dienone is 2. The molecule has 0 aliphatic carbocycles. The summed E-state index contributed by atoms with van der Waals surface area (Å²) in [6.07, 6.45) is 2.20. The number of hydrogen-bond donors (Lipinski definition) is 1. The Morgan fingerprint density at radius 2 is 1.59 bits per heavy atom. The summed E-state index contributed by atoms with van der Waals surface area (Å²) in [6.45, 7) is 13.5. The van der Waals surface area contributed by atoms with Crippen molar-refractivity contribution in [2.24, 2.45) is 16.0 Å². The number of Topliss-reactive ketones (excluding diaryl/α,β-unsaturated/α-hetero) is 1. The minimum Gasteiger partial charge on any atom is -0.411 e. The van der Waals surface area contributed by atoms with Gasteiger partial charge in [-0.1, -0.05) is 52.3 Å². The van der Waals surface area contributed by atoms with Gasteiger partial charge in [-0.15, -0.1) is 0 Å². The minimum atomic E-state index is -0.326. The van der Waals surface area contributed by atoms with Crippen molar-refractivity contribution < 1.29 is 10.0 Å². The lowest BCUT2D eigenvalue weighted by Crippen LogP contribution is -2.21. The molecule has 0 aliphatic rings. The van der Waals surface area contributed by atoms with E-state index in [1.165, 1.54) is 0 Å². The first kappa shape index (κ1) is 15.9. The lowest BCUT2D eigenvalue weighted by atomic mass is 9.85. The van der Waals surface area contributed by atoms with E-state index < -0.39 is 0 Å². The van der Waals surface area contributed by atoms with Crippen LogP contribution in [0.25, 0.3) is 0 Å². The Labute approximate surface area is 105 Å². The quantitative estimate of drug-likeness (QED) is 0.462. The molecule has 0 saturated heterocycles. The second kappa shape index (κ2) is 5.48. The van der Waals surface area contributed by atoms with E-state index in [1.54, 1.807) is 6.08 Å². The fourth-order valence-corrected chi connectivity index (χ4v) is 1.20. The van der Waals surface area contributed by atoms with E-state index in [0.717, 1.165) is 5.57 Å². The van der Waals surface area contributed by atoms with Crippen LogP contribution in [0.1, 0.15) is 54.9 Å². The zero-order valence-corrected chi connectivity index (χ0v) is 12.1. The SMILES string of the molecule is C/C(=C\C(=N\O)C(C)(C)C)CC(=O)C(C)(C)C. The summed E-state index contributed by atoms with van der Waals surface area (Å²) >= 11 is 0. The second-order valence-electron chi connectivity index (χ2n) is 6.58. The van der Waals surface area contributed by atoms with Crippen LogP contribution < -0.4 is 0 Å². The molecule has 0 atom stereocenters. The summed E-state index contributed by atoms with van der Waals surface area (Å²) < 4.78 is 0. The maximum atomic E-state index is 11.9. The van der Waals surface area contributed by atoms with Crippen molar-refractivity contribution in [1.29, 1.82) is 0 Å². The normalized spacial score (nSPS) is 15.0.